The maximum absolute atomic E-state index is 11.9. The third-order valence-corrected chi connectivity index (χ3v) is 2.71. The van der Waals surface area contributed by atoms with Crippen LogP contribution < -0.4 is 5.56 Å². The van der Waals surface area contributed by atoms with Gasteiger partial charge in [-0.1, -0.05) is 11.6 Å². The van der Waals surface area contributed by atoms with E-state index in [2.05, 4.69) is 19.9 Å². The number of H-pyrrole nitrogens is 1. The molecule has 2 aromatic heterocycles. The lowest BCUT2D eigenvalue weighted by molar-refractivity contribution is 1.11. The molecule has 0 saturated heterocycles. The predicted molar refractivity (Wildman–Crippen MR) is 68.4 cm³/mol. The second kappa shape index (κ2) is 4.19. The molecule has 0 spiro atoms. The van der Waals surface area contributed by atoms with Gasteiger partial charge in [-0.05, 0) is 18.2 Å². The fraction of sp³-hybridized carbons (Fsp3) is 0. The molecule has 88 valence electrons. The minimum atomic E-state index is -0.247. The Kier molecular flexibility index (Phi) is 2.53. The van der Waals surface area contributed by atoms with E-state index in [-0.39, 0.29) is 5.56 Å². The molecule has 2 heterocycles. The summed E-state index contributed by atoms with van der Waals surface area (Å²) in [5.74, 6) is 0.392. The number of halogens is 1. The van der Waals surface area contributed by atoms with Crippen LogP contribution in [0.4, 0.5) is 0 Å². The molecule has 1 aromatic carbocycles. The van der Waals surface area contributed by atoms with Crippen LogP contribution in [0.2, 0.25) is 5.02 Å². The molecular formula is C12H7ClN4O. The average molecular weight is 259 g/mol. The summed E-state index contributed by atoms with van der Waals surface area (Å²) in [7, 11) is 0. The van der Waals surface area contributed by atoms with E-state index >= 15 is 0 Å². The first kappa shape index (κ1) is 10.9. The first-order valence-corrected chi connectivity index (χ1v) is 5.58. The van der Waals surface area contributed by atoms with E-state index in [4.69, 9.17) is 11.6 Å². The first-order chi connectivity index (χ1) is 8.74. The lowest BCUT2D eigenvalue weighted by Crippen LogP contribution is -2.10. The van der Waals surface area contributed by atoms with Crippen LogP contribution in [0.25, 0.3) is 22.4 Å². The maximum atomic E-state index is 11.9. The molecule has 0 unspecified atom stereocenters. The van der Waals surface area contributed by atoms with Crippen LogP contribution in [0, 0.1) is 0 Å². The molecule has 0 aliphatic rings. The van der Waals surface area contributed by atoms with Crippen molar-refractivity contribution in [3.63, 3.8) is 0 Å². The van der Waals surface area contributed by atoms with Gasteiger partial charge in [0.05, 0.1) is 17.1 Å². The summed E-state index contributed by atoms with van der Waals surface area (Å²) in [6, 6.07) is 4.98. The highest BCUT2D eigenvalue weighted by Crippen LogP contribution is 2.16. The predicted octanol–water partition coefficient (Wildman–Crippen LogP) is 2.03. The van der Waals surface area contributed by atoms with Crippen LogP contribution in [-0.2, 0) is 0 Å². The average Bonchev–Trinajstić information content (AvgIpc) is 2.40. The summed E-state index contributed by atoms with van der Waals surface area (Å²) in [6.45, 7) is 0. The summed E-state index contributed by atoms with van der Waals surface area (Å²) >= 11 is 5.84. The van der Waals surface area contributed by atoms with E-state index in [0.717, 1.165) is 0 Å². The van der Waals surface area contributed by atoms with E-state index in [1.165, 1.54) is 0 Å². The topological polar surface area (TPSA) is 71.5 Å². The van der Waals surface area contributed by atoms with E-state index in [9.17, 15) is 4.79 Å². The van der Waals surface area contributed by atoms with Crippen LogP contribution in [0.3, 0.4) is 0 Å². The standard InChI is InChI=1S/C12H7ClN4O/c13-7-1-2-9-8(5-7)12(18)17-11(16-9)10-6-14-3-4-15-10/h1-6H,(H,16,17,18). The molecule has 0 amide bonds. The van der Waals surface area contributed by atoms with Gasteiger partial charge in [0.25, 0.3) is 5.56 Å². The van der Waals surface area contributed by atoms with Crippen LogP contribution >= 0.6 is 11.6 Å². The van der Waals surface area contributed by atoms with Crippen molar-refractivity contribution in [2.75, 3.05) is 0 Å². The second-order valence-corrected chi connectivity index (χ2v) is 4.10. The molecule has 0 aliphatic carbocycles. The van der Waals surface area contributed by atoms with Crippen molar-refractivity contribution in [3.05, 3.63) is 52.2 Å². The zero-order chi connectivity index (χ0) is 12.5. The van der Waals surface area contributed by atoms with Gasteiger partial charge in [0.2, 0.25) is 0 Å². The molecule has 0 aliphatic heterocycles. The second-order valence-electron chi connectivity index (χ2n) is 3.67. The number of rotatable bonds is 1. The van der Waals surface area contributed by atoms with E-state index < -0.39 is 0 Å². The SMILES string of the molecule is O=c1[nH]c(-c2cnccn2)nc2ccc(Cl)cc12. The summed E-state index contributed by atoms with van der Waals surface area (Å²) in [6.07, 6.45) is 4.64. The molecule has 5 nitrogen and oxygen atoms in total. The van der Waals surface area contributed by atoms with Crippen molar-refractivity contribution in [1.29, 1.82) is 0 Å². The smallest absolute Gasteiger partial charge is 0.259 e. The van der Waals surface area contributed by atoms with Crippen molar-refractivity contribution >= 4 is 22.5 Å². The van der Waals surface area contributed by atoms with E-state index in [0.29, 0.717) is 27.4 Å². The van der Waals surface area contributed by atoms with Crippen LogP contribution in [0.5, 0.6) is 0 Å². The Bertz CT molecular complexity index is 770. The van der Waals surface area contributed by atoms with Gasteiger partial charge in [-0.25, -0.2) is 9.97 Å². The number of aromatic amines is 1. The highest BCUT2D eigenvalue weighted by Gasteiger charge is 2.07. The Morgan fingerprint density at radius 2 is 2.11 bits per heavy atom. The van der Waals surface area contributed by atoms with Gasteiger partial charge >= 0.3 is 0 Å². The third-order valence-electron chi connectivity index (χ3n) is 2.47. The largest absolute Gasteiger partial charge is 0.305 e. The number of nitrogens with one attached hydrogen (secondary N) is 1. The molecule has 0 bridgehead atoms. The van der Waals surface area contributed by atoms with E-state index in [1.807, 2.05) is 0 Å². The highest BCUT2D eigenvalue weighted by atomic mass is 35.5. The van der Waals surface area contributed by atoms with Crippen LogP contribution in [-0.4, -0.2) is 19.9 Å². The molecule has 0 fully saturated rings. The minimum absolute atomic E-state index is 0.247. The summed E-state index contributed by atoms with van der Waals surface area (Å²) < 4.78 is 0. The molecule has 6 heteroatoms. The number of hydrogen-bond donors (Lipinski definition) is 1. The van der Waals surface area contributed by atoms with Crippen molar-refractivity contribution in [1.82, 2.24) is 19.9 Å². The third kappa shape index (κ3) is 1.84. The van der Waals surface area contributed by atoms with Crippen LogP contribution in [0.1, 0.15) is 0 Å². The number of hydrogen-bond acceptors (Lipinski definition) is 4. The molecule has 3 aromatic rings. The molecule has 1 N–H and O–H groups in total. The zero-order valence-electron chi connectivity index (χ0n) is 9.09. The van der Waals surface area contributed by atoms with Crippen molar-refractivity contribution in [3.8, 4) is 11.5 Å². The van der Waals surface area contributed by atoms with Crippen molar-refractivity contribution < 1.29 is 0 Å². The Morgan fingerprint density at radius 1 is 1.22 bits per heavy atom. The van der Waals surface area contributed by atoms with Crippen molar-refractivity contribution in [2.24, 2.45) is 0 Å². The number of aromatic nitrogens is 4. The van der Waals surface area contributed by atoms with Gasteiger partial charge in [-0.3, -0.25) is 9.78 Å². The number of benzene rings is 1. The maximum Gasteiger partial charge on any atom is 0.259 e. The summed E-state index contributed by atoms with van der Waals surface area (Å²) in [4.78, 5) is 27.0. The summed E-state index contributed by atoms with van der Waals surface area (Å²) in [5, 5.41) is 0.956. The first-order valence-electron chi connectivity index (χ1n) is 5.20. The molecule has 0 atom stereocenters. The monoisotopic (exact) mass is 258 g/mol. The Morgan fingerprint density at radius 3 is 2.89 bits per heavy atom. The lowest BCUT2D eigenvalue weighted by atomic mass is 10.2. The Labute approximate surface area is 107 Å². The van der Waals surface area contributed by atoms with Crippen LogP contribution in [0.15, 0.2) is 41.6 Å². The number of fused-ring (bicyclic) bond motifs is 1. The fourth-order valence-corrected chi connectivity index (χ4v) is 1.83. The van der Waals surface area contributed by atoms with Gasteiger partial charge in [-0.15, -0.1) is 0 Å². The molecular weight excluding hydrogens is 252 g/mol. The quantitative estimate of drug-likeness (QED) is 0.725. The highest BCUT2D eigenvalue weighted by molar-refractivity contribution is 6.31. The van der Waals surface area contributed by atoms with Gasteiger partial charge in [0, 0.05) is 17.4 Å². The van der Waals surface area contributed by atoms with E-state index in [1.54, 1.807) is 36.8 Å². The molecule has 18 heavy (non-hydrogen) atoms. The molecule has 0 radical (unpaired) electrons. The van der Waals surface area contributed by atoms with Crippen molar-refractivity contribution in [2.45, 2.75) is 0 Å². The Balaban J connectivity index is 2.29. The molecule has 0 saturated carbocycles. The molecule has 3 rings (SSSR count). The van der Waals surface area contributed by atoms with Gasteiger partial charge < -0.3 is 4.98 Å². The van der Waals surface area contributed by atoms with Gasteiger partial charge in [0.15, 0.2) is 5.82 Å². The fourth-order valence-electron chi connectivity index (χ4n) is 1.65. The Hall–Kier alpha value is -2.27. The normalized spacial score (nSPS) is 10.7. The lowest BCUT2D eigenvalue weighted by Gasteiger charge is -2.02. The minimum Gasteiger partial charge on any atom is -0.305 e. The number of nitrogens with zero attached hydrogens (tertiary/aromatic N) is 3. The summed E-state index contributed by atoms with van der Waals surface area (Å²) in [5.41, 5.74) is 0.846. The zero-order valence-corrected chi connectivity index (χ0v) is 9.85. The van der Waals surface area contributed by atoms with Gasteiger partial charge in [-0.2, -0.15) is 0 Å². The van der Waals surface area contributed by atoms with Gasteiger partial charge in [0.1, 0.15) is 5.69 Å².